The van der Waals surface area contributed by atoms with Crippen molar-refractivity contribution < 1.29 is 27.4 Å². The third-order valence-corrected chi connectivity index (χ3v) is 5.85. The van der Waals surface area contributed by atoms with Crippen molar-refractivity contribution in [3.63, 3.8) is 0 Å². The molecule has 3 rings (SSSR count). The fraction of sp³-hybridized carbons (Fsp3) is 0.500. The zero-order chi connectivity index (χ0) is 22.3. The molecular weight excluding hydrogens is 407 g/mol. The van der Waals surface area contributed by atoms with Crippen LogP contribution in [-0.2, 0) is 12.6 Å². The first-order chi connectivity index (χ1) is 14.9. The molecule has 0 spiro atoms. The zero-order valence-corrected chi connectivity index (χ0v) is 18.1. The maximum absolute atomic E-state index is 12.6. The summed E-state index contributed by atoms with van der Waals surface area (Å²) >= 11 is 0. The molecular formula is C24H30F3NO3. The minimum atomic E-state index is -4.31. The maximum Gasteiger partial charge on any atom is 0.416 e. The number of ether oxygens (including phenoxy) is 3. The summed E-state index contributed by atoms with van der Waals surface area (Å²) < 4.78 is 54.1. The predicted octanol–water partition coefficient (Wildman–Crippen LogP) is 5.45. The molecule has 1 heterocycles. The van der Waals surface area contributed by atoms with Gasteiger partial charge in [-0.1, -0.05) is 6.07 Å². The molecule has 0 radical (unpaired) electrons. The van der Waals surface area contributed by atoms with E-state index in [2.05, 4.69) is 11.0 Å². The van der Waals surface area contributed by atoms with Crippen molar-refractivity contribution in [1.29, 1.82) is 0 Å². The Bertz CT molecular complexity index is 816. The van der Waals surface area contributed by atoms with Crippen molar-refractivity contribution in [3.05, 3.63) is 53.6 Å². The van der Waals surface area contributed by atoms with E-state index in [9.17, 15) is 13.2 Å². The summed E-state index contributed by atoms with van der Waals surface area (Å²) in [6.07, 6.45) is -0.205. The monoisotopic (exact) mass is 437 g/mol. The third-order valence-electron chi connectivity index (χ3n) is 5.85. The predicted molar refractivity (Wildman–Crippen MR) is 114 cm³/mol. The van der Waals surface area contributed by atoms with Crippen molar-refractivity contribution in [3.8, 4) is 17.2 Å². The Morgan fingerprint density at radius 2 is 1.61 bits per heavy atom. The Labute approximate surface area is 181 Å². The second kappa shape index (κ2) is 10.8. The van der Waals surface area contributed by atoms with E-state index in [0.717, 1.165) is 68.9 Å². The van der Waals surface area contributed by atoms with Crippen molar-refractivity contribution >= 4 is 0 Å². The van der Waals surface area contributed by atoms with E-state index < -0.39 is 11.7 Å². The molecule has 0 amide bonds. The van der Waals surface area contributed by atoms with Crippen LogP contribution in [0.5, 0.6) is 17.2 Å². The van der Waals surface area contributed by atoms with Crippen LogP contribution in [0.3, 0.4) is 0 Å². The number of methoxy groups -OCH3 is 2. The fourth-order valence-corrected chi connectivity index (χ4v) is 3.91. The van der Waals surface area contributed by atoms with E-state index >= 15 is 0 Å². The summed E-state index contributed by atoms with van der Waals surface area (Å²) in [7, 11) is 3.28. The fourth-order valence-electron chi connectivity index (χ4n) is 3.91. The van der Waals surface area contributed by atoms with Crippen LogP contribution in [0.15, 0.2) is 42.5 Å². The molecule has 0 N–H and O–H groups in total. The molecule has 0 unspecified atom stereocenters. The Kier molecular flexibility index (Phi) is 8.07. The average molecular weight is 438 g/mol. The van der Waals surface area contributed by atoms with Crippen LogP contribution < -0.4 is 14.2 Å². The number of halogens is 3. The van der Waals surface area contributed by atoms with Gasteiger partial charge in [0.1, 0.15) is 5.75 Å². The van der Waals surface area contributed by atoms with E-state index in [-0.39, 0.29) is 0 Å². The molecule has 1 fully saturated rings. The maximum atomic E-state index is 12.6. The largest absolute Gasteiger partial charge is 0.494 e. The van der Waals surface area contributed by atoms with Gasteiger partial charge >= 0.3 is 6.18 Å². The van der Waals surface area contributed by atoms with Gasteiger partial charge < -0.3 is 19.1 Å². The van der Waals surface area contributed by atoms with E-state index in [1.54, 1.807) is 14.2 Å². The van der Waals surface area contributed by atoms with Crippen LogP contribution in [0.4, 0.5) is 13.2 Å². The molecule has 0 atom stereocenters. The highest BCUT2D eigenvalue weighted by atomic mass is 19.4. The van der Waals surface area contributed by atoms with Gasteiger partial charge in [0.15, 0.2) is 11.5 Å². The highest BCUT2D eigenvalue weighted by molar-refractivity contribution is 5.43. The van der Waals surface area contributed by atoms with E-state index in [4.69, 9.17) is 14.2 Å². The number of likely N-dealkylation sites (tertiary alicyclic amines) is 1. The van der Waals surface area contributed by atoms with E-state index in [1.807, 2.05) is 12.1 Å². The van der Waals surface area contributed by atoms with Gasteiger partial charge in [-0.2, -0.15) is 13.2 Å². The highest BCUT2D eigenvalue weighted by Gasteiger charge is 2.30. The molecule has 31 heavy (non-hydrogen) atoms. The number of hydrogen-bond donors (Lipinski definition) is 0. The minimum absolute atomic E-state index is 0.486. The van der Waals surface area contributed by atoms with Gasteiger partial charge in [-0.05, 0) is 86.7 Å². The van der Waals surface area contributed by atoms with Crippen LogP contribution in [0.1, 0.15) is 30.4 Å². The van der Waals surface area contributed by atoms with Gasteiger partial charge in [0.05, 0.1) is 26.4 Å². The molecule has 1 saturated heterocycles. The number of piperidine rings is 1. The lowest BCUT2D eigenvalue weighted by Crippen LogP contribution is -2.35. The Morgan fingerprint density at radius 1 is 0.935 bits per heavy atom. The van der Waals surface area contributed by atoms with Crippen LogP contribution in [0.25, 0.3) is 0 Å². The van der Waals surface area contributed by atoms with Crippen LogP contribution >= 0.6 is 0 Å². The Hall–Kier alpha value is -2.41. The minimum Gasteiger partial charge on any atom is -0.494 e. The second-order valence-electron chi connectivity index (χ2n) is 7.88. The second-order valence-corrected chi connectivity index (χ2v) is 7.88. The van der Waals surface area contributed by atoms with Gasteiger partial charge in [0.25, 0.3) is 0 Å². The van der Waals surface area contributed by atoms with Crippen LogP contribution in [0, 0.1) is 5.92 Å². The van der Waals surface area contributed by atoms with Gasteiger partial charge in [-0.25, -0.2) is 0 Å². The van der Waals surface area contributed by atoms with E-state index in [1.165, 1.54) is 17.7 Å². The van der Waals surface area contributed by atoms with E-state index in [0.29, 0.717) is 18.3 Å². The van der Waals surface area contributed by atoms with Crippen LogP contribution in [-0.4, -0.2) is 45.4 Å². The molecule has 2 aromatic rings. The standard InChI is InChI=1S/C24H30F3NO3/c1-29-22-8-3-19(17-23(22)30-2)11-15-28-13-9-18(10-14-28)12-16-31-21-6-4-20(5-7-21)24(25,26)27/h3-8,17-18H,9-16H2,1-2H3. The van der Waals surface area contributed by atoms with Crippen molar-refractivity contribution in [1.82, 2.24) is 4.90 Å². The number of rotatable bonds is 9. The number of hydrogen-bond acceptors (Lipinski definition) is 4. The van der Waals surface area contributed by atoms with Gasteiger partial charge in [-0.3, -0.25) is 0 Å². The molecule has 7 heteroatoms. The first-order valence-corrected chi connectivity index (χ1v) is 10.6. The van der Waals surface area contributed by atoms with Gasteiger partial charge in [-0.15, -0.1) is 0 Å². The summed E-state index contributed by atoms with van der Waals surface area (Å²) in [5.74, 6) is 2.57. The topological polar surface area (TPSA) is 30.9 Å². The number of benzene rings is 2. The zero-order valence-electron chi connectivity index (χ0n) is 18.1. The van der Waals surface area contributed by atoms with Gasteiger partial charge in [0.2, 0.25) is 0 Å². The molecule has 1 aliphatic rings. The van der Waals surface area contributed by atoms with Crippen LogP contribution in [0.2, 0.25) is 0 Å². The quantitative estimate of drug-likeness (QED) is 0.522. The summed E-state index contributed by atoms with van der Waals surface area (Å²) in [4.78, 5) is 2.48. The number of alkyl halides is 3. The molecule has 170 valence electrons. The first-order valence-electron chi connectivity index (χ1n) is 10.6. The number of nitrogens with zero attached hydrogens (tertiary/aromatic N) is 1. The molecule has 1 aliphatic heterocycles. The van der Waals surface area contributed by atoms with Crippen molar-refractivity contribution in [2.45, 2.75) is 31.9 Å². The third kappa shape index (κ3) is 6.79. The molecule has 2 aromatic carbocycles. The summed E-state index contributed by atoms with van der Waals surface area (Å²) in [6, 6.07) is 10.9. The SMILES string of the molecule is COc1ccc(CCN2CCC(CCOc3ccc(C(F)(F)F)cc3)CC2)cc1OC. The summed E-state index contributed by atoms with van der Waals surface area (Å²) in [6.45, 7) is 3.64. The normalized spacial score (nSPS) is 15.6. The molecule has 0 bridgehead atoms. The lowest BCUT2D eigenvalue weighted by atomic mass is 9.93. The molecule has 0 aromatic heterocycles. The smallest absolute Gasteiger partial charge is 0.416 e. The lowest BCUT2D eigenvalue weighted by Gasteiger charge is -2.32. The molecule has 0 aliphatic carbocycles. The Balaban J connectivity index is 1.35. The lowest BCUT2D eigenvalue weighted by molar-refractivity contribution is -0.137. The molecule has 0 saturated carbocycles. The van der Waals surface area contributed by atoms with Crippen molar-refractivity contribution in [2.24, 2.45) is 5.92 Å². The first kappa shape index (κ1) is 23.3. The summed E-state index contributed by atoms with van der Waals surface area (Å²) in [5, 5.41) is 0. The van der Waals surface area contributed by atoms with Gasteiger partial charge in [0, 0.05) is 6.54 Å². The Morgan fingerprint density at radius 3 is 2.23 bits per heavy atom. The molecule has 4 nitrogen and oxygen atoms in total. The van der Waals surface area contributed by atoms with Crippen molar-refractivity contribution in [2.75, 3.05) is 40.5 Å². The highest BCUT2D eigenvalue weighted by Crippen LogP contribution is 2.31. The summed E-state index contributed by atoms with van der Waals surface area (Å²) in [5.41, 5.74) is 0.574. The average Bonchev–Trinajstić information content (AvgIpc) is 2.78.